The molecule has 0 saturated heterocycles. The zero-order valence-electron chi connectivity index (χ0n) is 12.6. The molecular formula is C20H17NO2. The van der Waals surface area contributed by atoms with Gasteiger partial charge in [-0.2, -0.15) is 0 Å². The van der Waals surface area contributed by atoms with Gasteiger partial charge in [0.15, 0.2) is 0 Å². The van der Waals surface area contributed by atoms with Crippen molar-refractivity contribution < 1.29 is 9.53 Å². The van der Waals surface area contributed by atoms with Gasteiger partial charge in [-0.05, 0) is 41.0 Å². The quantitative estimate of drug-likeness (QED) is 0.681. The van der Waals surface area contributed by atoms with Gasteiger partial charge in [0.25, 0.3) is 0 Å². The van der Waals surface area contributed by atoms with E-state index in [1.54, 1.807) is 0 Å². The molecule has 3 heteroatoms. The summed E-state index contributed by atoms with van der Waals surface area (Å²) in [7, 11) is 0. The average Bonchev–Trinajstić information content (AvgIpc) is 2.62. The molecule has 0 saturated carbocycles. The van der Waals surface area contributed by atoms with Crippen LogP contribution in [0.25, 0.3) is 11.1 Å². The van der Waals surface area contributed by atoms with E-state index in [1.165, 1.54) is 0 Å². The van der Waals surface area contributed by atoms with E-state index in [4.69, 9.17) is 4.74 Å². The molecule has 3 aromatic rings. The Hall–Kier alpha value is -3.07. The van der Waals surface area contributed by atoms with Crippen molar-refractivity contribution in [2.24, 2.45) is 0 Å². The van der Waals surface area contributed by atoms with Crippen LogP contribution in [-0.4, -0.2) is 6.41 Å². The molecule has 3 rings (SSSR count). The highest BCUT2D eigenvalue weighted by molar-refractivity contribution is 5.76. The third-order valence-electron chi connectivity index (χ3n) is 3.52. The fourth-order valence-electron chi connectivity index (χ4n) is 2.34. The Morgan fingerprint density at radius 2 is 1.61 bits per heavy atom. The molecule has 0 atom stereocenters. The van der Waals surface area contributed by atoms with E-state index >= 15 is 0 Å². The fourth-order valence-corrected chi connectivity index (χ4v) is 2.34. The molecule has 0 bridgehead atoms. The lowest BCUT2D eigenvalue weighted by Gasteiger charge is -2.08. The summed E-state index contributed by atoms with van der Waals surface area (Å²) in [5.41, 5.74) is 4.05. The Kier molecular flexibility index (Phi) is 4.69. The van der Waals surface area contributed by atoms with Gasteiger partial charge in [0.05, 0.1) is 0 Å². The van der Waals surface area contributed by atoms with Crippen molar-refractivity contribution in [2.75, 3.05) is 5.32 Å². The van der Waals surface area contributed by atoms with E-state index < -0.39 is 0 Å². The highest BCUT2D eigenvalue weighted by Crippen LogP contribution is 2.25. The second-order valence-electron chi connectivity index (χ2n) is 5.14. The average molecular weight is 303 g/mol. The second-order valence-corrected chi connectivity index (χ2v) is 5.14. The molecule has 0 heterocycles. The van der Waals surface area contributed by atoms with Gasteiger partial charge in [0.2, 0.25) is 6.41 Å². The van der Waals surface area contributed by atoms with Crippen molar-refractivity contribution >= 4 is 12.1 Å². The number of nitrogens with one attached hydrogen (secondary N) is 1. The zero-order valence-corrected chi connectivity index (χ0v) is 12.6. The molecule has 0 spiro atoms. The summed E-state index contributed by atoms with van der Waals surface area (Å²) in [5.74, 6) is 0.833. The monoisotopic (exact) mass is 303 g/mol. The number of benzene rings is 3. The van der Waals surface area contributed by atoms with Gasteiger partial charge >= 0.3 is 0 Å². The summed E-state index contributed by atoms with van der Waals surface area (Å²) < 4.78 is 5.79. The molecular weight excluding hydrogens is 286 g/mol. The summed E-state index contributed by atoms with van der Waals surface area (Å²) in [6, 6.07) is 25.7. The first-order valence-electron chi connectivity index (χ1n) is 7.42. The number of hydrogen-bond acceptors (Lipinski definition) is 2. The number of anilines is 1. The van der Waals surface area contributed by atoms with E-state index in [2.05, 4.69) is 5.32 Å². The molecule has 1 N–H and O–H groups in total. The largest absolute Gasteiger partial charge is 0.489 e. The van der Waals surface area contributed by atoms with Crippen LogP contribution in [0.15, 0.2) is 78.9 Å². The zero-order chi connectivity index (χ0) is 15.9. The summed E-state index contributed by atoms with van der Waals surface area (Å²) in [5, 5.41) is 2.66. The van der Waals surface area contributed by atoms with Crippen molar-refractivity contribution in [1.29, 1.82) is 0 Å². The smallest absolute Gasteiger partial charge is 0.211 e. The van der Waals surface area contributed by atoms with Crippen LogP contribution >= 0.6 is 0 Å². The predicted molar refractivity (Wildman–Crippen MR) is 92.3 cm³/mol. The lowest BCUT2D eigenvalue weighted by molar-refractivity contribution is -0.105. The molecule has 0 radical (unpaired) electrons. The van der Waals surface area contributed by atoms with Crippen molar-refractivity contribution in [3.8, 4) is 16.9 Å². The van der Waals surface area contributed by atoms with Gasteiger partial charge < -0.3 is 10.1 Å². The van der Waals surface area contributed by atoms with Crippen LogP contribution in [0.5, 0.6) is 5.75 Å². The molecule has 0 aromatic heterocycles. The standard InChI is InChI=1S/C20H17NO2/c22-15-21-19-8-4-7-18(13-19)17-9-11-20(12-10-17)23-14-16-5-2-1-3-6-16/h1-13,15H,14H2,(H,21,22). The predicted octanol–water partition coefficient (Wildman–Crippen LogP) is 4.50. The molecule has 23 heavy (non-hydrogen) atoms. The molecule has 0 aliphatic rings. The molecule has 3 aromatic carbocycles. The Balaban J connectivity index is 1.69. The number of hydrogen-bond donors (Lipinski definition) is 1. The van der Waals surface area contributed by atoms with Crippen LogP contribution in [0.2, 0.25) is 0 Å². The maximum absolute atomic E-state index is 10.5. The molecule has 0 unspecified atom stereocenters. The van der Waals surface area contributed by atoms with Gasteiger partial charge in [-0.25, -0.2) is 0 Å². The SMILES string of the molecule is O=CNc1cccc(-c2ccc(OCc3ccccc3)cc2)c1. The van der Waals surface area contributed by atoms with Crippen molar-refractivity contribution in [3.63, 3.8) is 0 Å². The maximum atomic E-state index is 10.5. The van der Waals surface area contributed by atoms with Gasteiger partial charge in [0, 0.05) is 5.69 Å². The minimum Gasteiger partial charge on any atom is -0.489 e. The minimum absolute atomic E-state index is 0.554. The van der Waals surface area contributed by atoms with Crippen LogP contribution in [0.4, 0.5) is 5.69 Å². The van der Waals surface area contributed by atoms with Crippen LogP contribution in [-0.2, 0) is 11.4 Å². The first-order chi connectivity index (χ1) is 11.3. The van der Waals surface area contributed by atoms with Crippen LogP contribution in [0, 0.1) is 0 Å². The topological polar surface area (TPSA) is 38.3 Å². The highest BCUT2D eigenvalue weighted by atomic mass is 16.5. The summed E-state index contributed by atoms with van der Waals surface area (Å²) >= 11 is 0. The van der Waals surface area contributed by atoms with Crippen molar-refractivity contribution in [3.05, 3.63) is 84.4 Å². The molecule has 3 nitrogen and oxygen atoms in total. The Morgan fingerprint density at radius 3 is 2.35 bits per heavy atom. The minimum atomic E-state index is 0.554. The third-order valence-corrected chi connectivity index (χ3v) is 3.52. The van der Waals surface area contributed by atoms with Crippen LogP contribution in [0.1, 0.15) is 5.56 Å². The summed E-state index contributed by atoms with van der Waals surface area (Å²) in [4.78, 5) is 10.5. The van der Waals surface area contributed by atoms with E-state index in [1.807, 2.05) is 78.9 Å². The van der Waals surface area contributed by atoms with Crippen molar-refractivity contribution in [1.82, 2.24) is 0 Å². The van der Waals surface area contributed by atoms with Crippen molar-refractivity contribution in [2.45, 2.75) is 6.61 Å². The third kappa shape index (κ3) is 3.98. The highest BCUT2D eigenvalue weighted by Gasteiger charge is 2.01. The van der Waals surface area contributed by atoms with E-state index in [0.29, 0.717) is 13.0 Å². The van der Waals surface area contributed by atoms with E-state index in [9.17, 15) is 4.79 Å². The second kappa shape index (κ2) is 7.27. The molecule has 0 fully saturated rings. The van der Waals surface area contributed by atoms with Gasteiger partial charge in [-0.1, -0.05) is 54.6 Å². The molecule has 114 valence electrons. The van der Waals surface area contributed by atoms with Crippen LogP contribution in [0.3, 0.4) is 0 Å². The Morgan fingerprint density at radius 1 is 0.826 bits per heavy atom. The molecule has 1 amide bonds. The first kappa shape index (κ1) is 14.9. The van der Waals surface area contributed by atoms with Gasteiger partial charge in [-0.3, -0.25) is 4.79 Å². The first-order valence-corrected chi connectivity index (χ1v) is 7.42. The number of rotatable bonds is 6. The number of amides is 1. The summed E-state index contributed by atoms with van der Waals surface area (Å²) in [6.07, 6.45) is 0.680. The normalized spacial score (nSPS) is 10.1. The van der Waals surface area contributed by atoms with E-state index in [-0.39, 0.29) is 0 Å². The Labute approximate surface area is 135 Å². The fraction of sp³-hybridized carbons (Fsp3) is 0.0500. The Bertz CT molecular complexity index is 767. The number of carbonyl (C=O) groups excluding carboxylic acids is 1. The molecule has 0 aliphatic heterocycles. The number of carbonyl (C=O) groups is 1. The van der Waals surface area contributed by atoms with Gasteiger partial charge in [0.1, 0.15) is 12.4 Å². The summed E-state index contributed by atoms with van der Waals surface area (Å²) in [6.45, 7) is 0.554. The molecule has 0 aliphatic carbocycles. The number of ether oxygens (including phenoxy) is 1. The lowest BCUT2D eigenvalue weighted by Crippen LogP contribution is -1.95. The maximum Gasteiger partial charge on any atom is 0.211 e. The lowest BCUT2D eigenvalue weighted by atomic mass is 10.1. The van der Waals surface area contributed by atoms with E-state index in [0.717, 1.165) is 28.1 Å². The van der Waals surface area contributed by atoms with Crippen LogP contribution < -0.4 is 10.1 Å². The van der Waals surface area contributed by atoms with Gasteiger partial charge in [-0.15, -0.1) is 0 Å².